The van der Waals surface area contributed by atoms with E-state index in [4.69, 9.17) is 5.73 Å². The van der Waals surface area contributed by atoms with Gasteiger partial charge in [-0.3, -0.25) is 36.2 Å². The quantitative estimate of drug-likeness (QED) is 0.0254. The first-order valence-corrected chi connectivity index (χ1v) is 22.0. The van der Waals surface area contributed by atoms with Crippen LogP contribution in [0.3, 0.4) is 0 Å². The van der Waals surface area contributed by atoms with Crippen LogP contribution < -0.4 is 32.8 Å². The molecule has 10 nitrogen and oxygen atoms in total. The number of anilines is 2. The summed E-state index contributed by atoms with van der Waals surface area (Å²) in [5.74, 6) is 1.14. The van der Waals surface area contributed by atoms with Crippen LogP contribution in [0, 0.1) is 11.8 Å². The fourth-order valence-corrected chi connectivity index (χ4v) is 6.88. The minimum absolute atomic E-state index is 0.143. The number of hydrogen-bond acceptors (Lipinski definition) is 8. The molecule has 0 radical (unpaired) electrons. The van der Waals surface area contributed by atoms with E-state index in [0.29, 0.717) is 11.1 Å². The highest BCUT2D eigenvalue weighted by Crippen LogP contribution is 2.14. The van der Waals surface area contributed by atoms with Crippen LogP contribution in [0.1, 0.15) is 90.8 Å². The monoisotopic (exact) mass is 827 g/mol. The number of nitrogens with one attached hydrogen (secondary N) is 5. The van der Waals surface area contributed by atoms with E-state index in [9.17, 15) is 9.59 Å². The SMILES string of the molecule is CC(C)CN(CCCCNCc1ccc(C(=O)NNc2ccccc2)cc1)CC(C)C.NCCCCN(Cc1ccccc1)Cc1ccc(C(=O)NNc2ccccc2)cc1. The second kappa shape index (κ2) is 28.1. The van der Waals surface area contributed by atoms with Gasteiger partial charge in [-0.2, -0.15) is 0 Å². The van der Waals surface area contributed by atoms with Crippen molar-refractivity contribution in [2.75, 3.05) is 50.1 Å². The van der Waals surface area contributed by atoms with Crippen molar-refractivity contribution >= 4 is 23.2 Å². The van der Waals surface area contributed by atoms with E-state index in [1.54, 1.807) is 0 Å². The molecule has 0 aromatic heterocycles. The standard InChI is InChI=1S/C26H40N4O.C25H30N4O/c1-21(2)19-30(20-22(3)4)17-9-8-16-27-18-23-12-14-24(15-13-23)26(31)29-28-25-10-6-5-7-11-25;26-17-7-8-18-29(19-21-9-3-1-4-10-21)20-22-13-15-23(16-14-22)25(30)28-27-24-11-5-2-6-12-24/h5-7,10-15,21-22,27-28H,8-9,16-20H2,1-4H3,(H,29,31);1-6,9-16,27H,7-8,17-20,26H2,(H,28,30). The highest BCUT2D eigenvalue weighted by atomic mass is 16.2. The highest BCUT2D eigenvalue weighted by Gasteiger charge is 2.11. The van der Waals surface area contributed by atoms with Gasteiger partial charge in [0, 0.05) is 43.9 Å². The van der Waals surface area contributed by atoms with Gasteiger partial charge in [0.2, 0.25) is 0 Å². The second-order valence-electron chi connectivity index (χ2n) is 16.4. The Morgan fingerprint density at radius 3 is 1.41 bits per heavy atom. The zero-order valence-electron chi connectivity index (χ0n) is 36.9. The summed E-state index contributed by atoms with van der Waals surface area (Å²) < 4.78 is 0. The van der Waals surface area contributed by atoms with Crippen molar-refractivity contribution in [3.63, 3.8) is 0 Å². The summed E-state index contributed by atoms with van der Waals surface area (Å²) in [5, 5.41) is 3.52. The number of para-hydroxylation sites is 2. The lowest BCUT2D eigenvalue weighted by Crippen LogP contribution is -2.32. The van der Waals surface area contributed by atoms with Gasteiger partial charge in [-0.05, 0) is 129 Å². The molecule has 0 aliphatic heterocycles. The number of carbonyl (C=O) groups excluding carboxylic acids is 2. The van der Waals surface area contributed by atoms with Crippen LogP contribution in [0.5, 0.6) is 0 Å². The Morgan fingerprint density at radius 2 is 0.934 bits per heavy atom. The minimum Gasteiger partial charge on any atom is -0.330 e. The molecular formula is C51H70N8O2. The molecule has 2 amide bonds. The van der Waals surface area contributed by atoms with Gasteiger partial charge in [0.15, 0.2) is 0 Å². The molecule has 0 unspecified atom stereocenters. The molecule has 7 N–H and O–H groups in total. The van der Waals surface area contributed by atoms with Crippen LogP contribution >= 0.6 is 0 Å². The Hall–Kier alpha value is -5.52. The van der Waals surface area contributed by atoms with Gasteiger partial charge in [-0.1, -0.05) is 119 Å². The third-order valence-corrected chi connectivity index (χ3v) is 9.86. The van der Waals surface area contributed by atoms with Gasteiger partial charge in [-0.25, -0.2) is 0 Å². The molecule has 0 heterocycles. The van der Waals surface area contributed by atoms with E-state index in [1.165, 1.54) is 49.2 Å². The van der Waals surface area contributed by atoms with E-state index in [2.05, 4.69) is 88.8 Å². The summed E-state index contributed by atoms with van der Waals surface area (Å²) in [4.78, 5) is 29.7. The van der Waals surface area contributed by atoms with E-state index in [1.807, 2.05) is 115 Å². The molecule has 326 valence electrons. The molecule has 0 bridgehead atoms. The van der Waals surface area contributed by atoms with Crippen molar-refractivity contribution in [3.05, 3.63) is 167 Å². The van der Waals surface area contributed by atoms with E-state index in [-0.39, 0.29) is 11.8 Å². The summed E-state index contributed by atoms with van der Waals surface area (Å²) in [6, 6.07) is 45.2. The van der Waals surface area contributed by atoms with Crippen LogP contribution in [0.2, 0.25) is 0 Å². The van der Waals surface area contributed by atoms with Crippen molar-refractivity contribution in [1.82, 2.24) is 26.0 Å². The fraction of sp³-hybridized carbons (Fsp3) is 0.373. The molecule has 0 saturated carbocycles. The van der Waals surface area contributed by atoms with Gasteiger partial charge >= 0.3 is 0 Å². The third kappa shape index (κ3) is 20.1. The molecule has 5 aromatic rings. The molecule has 0 aliphatic rings. The van der Waals surface area contributed by atoms with Crippen LogP contribution in [-0.2, 0) is 19.6 Å². The zero-order valence-corrected chi connectivity index (χ0v) is 36.9. The predicted molar refractivity (Wildman–Crippen MR) is 254 cm³/mol. The maximum Gasteiger partial charge on any atom is 0.269 e. The van der Waals surface area contributed by atoms with E-state index >= 15 is 0 Å². The van der Waals surface area contributed by atoms with E-state index < -0.39 is 0 Å². The van der Waals surface area contributed by atoms with Gasteiger partial charge in [0.25, 0.3) is 11.8 Å². The Labute approximate surface area is 365 Å². The topological polar surface area (TPSA) is 127 Å². The fourth-order valence-electron chi connectivity index (χ4n) is 6.88. The number of rotatable bonds is 25. The average molecular weight is 827 g/mol. The van der Waals surface area contributed by atoms with Gasteiger partial charge < -0.3 is 16.0 Å². The first-order chi connectivity index (χ1) is 29.7. The molecule has 0 aliphatic carbocycles. The first-order valence-electron chi connectivity index (χ1n) is 22.0. The number of unbranched alkanes of at least 4 members (excludes halogenated alkanes) is 2. The van der Waals surface area contributed by atoms with Crippen LogP contribution in [0.15, 0.2) is 140 Å². The lowest BCUT2D eigenvalue weighted by molar-refractivity contribution is 0.0954. The second-order valence-corrected chi connectivity index (χ2v) is 16.4. The number of benzene rings is 5. The summed E-state index contributed by atoms with van der Waals surface area (Å²) in [7, 11) is 0. The van der Waals surface area contributed by atoms with Crippen molar-refractivity contribution < 1.29 is 9.59 Å². The lowest BCUT2D eigenvalue weighted by atomic mass is 10.1. The first kappa shape index (κ1) is 48.1. The number of nitrogens with two attached hydrogens (primary N) is 1. The molecule has 10 heteroatoms. The molecule has 5 aromatic carbocycles. The highest BCUT2D eigenvalue weighted by molar-refractivity contribution is 5.95. The van der Waals surface area contributed by atoms with Gasteiger partial charge in [0.05, 0.1) is 11.4 Å². The van der Waals surface area contributed by atoms with Gasteiger partial charge in [-0.15, -0.1) is 0 Å². The Morgan fingerprint density at radius 1 is 0.508 bits per heavy atom. The number of hydrogen-bond donors (Lipinski definition) is 6. The van der Waals surface area contributed by atoms with Crippen LogP contribution in [-0.4, -0.2) is 60.9 Å². The minimum atomic E-state index is -0.158. The zero-order chi connectivity index (χ0) is 43.5. The number of amides is 2. The molecule has 0 spiro atoms. The molecule has 5 rings (SSSR count). The Bertz CT molecular complexity index is 1900. The molecule has 0 saturated heterocycles. The average Bonchev–Trinajstić information content (AvgIpc) is 3.27. The van der Waals surface area contributed by atoms with Crippen molar-refractivity contribution in [2.24, 2.45) is 17.6 Å². The van der Waals surface area contributed by atoms with E-state index in [0.717, 1.165) is 75.3 Å². The van der Waals surface area contributed by atoms with Crippen molar-refractivity contribution in [1.29, 1.82) is 0 Å². The number of carbonyl (C=O) groups is 2. The molecule has 61 heavy (non-hydrogen) atoms. The van der Waals surface area contributed by atoms with Crippen molar-refractivity contribution in [3.8, 4) is 0 Å². The maximum atomic E-state index is 12.4. The van der Waals surface area contributed by atoms with Gasteiger partial charge in [0.1, 0.15) is 0 Å². The summed E-state index contributed by atoms with van der Waals surface area (Å²) in [6.07, 6.45) is 4.51. The molecular weight excluding hydrogens is 757 g/mol. The molecule has 0 fully saturated rings. The molecule has 0 atom stereocenters. The normalized spacial score (nSPS) is 11.0. The Kier molecular flexibility index (Phi) is 22.2. The summed E-state index contributed by atoms with van der Waals surface area (Å²) in [6.45, 7) is 18.0. The van der Waals surface area contributed by atoms with Crippen LogP contribution in [0.25, 0.3) is 0 Å². The predicted octanol–water partition coefficient (Wildman–Crippen LogP) is 9.11. The van der Waals surface area contributed by atoms with Crippen molar-refractivity contribution in [2.45, 2.75) is 73.0 Å². The smallest absolute Gasteiger partial charge is 0.269 e. The summed E-state index contributed by atoms with van der Waals surface area (Å²) in [5.41, 5.74) is 23.6. The number of hydrazine groups is 2. The maximum absolute atomic E-state index is 12.4. The third-order valence-electron chi connectivity index (χ3n) is 9.86. The lowest BCUT2D eigenvalue weighted by Gasteiger charge is -2.26. The largest absolute Gasteiger partial charge is 0.330 e. The van der Waals surface area contributed by atoms with Crippen LogP contribution in [0.4, 0.5) is 11.4 Å². The summed E-state index contributed by atoms with van der Waals surface area (Å²) >= 11 is 0. The number of nitrogens with zero attached hydrogens (tertiary/aromatic N) is 2. The Balaban J connectivity index is 0.000000269.